The minimum absolute atomic E-state index is 0.0123. The number of hydrogen-bond acceptors (Lipinski definition) is 5. The van der Waals surface area contributed by atoms with Gasteiger partial charge in [0.15, 0.2) is 0 Å². The Bertz CT molecular complexity index is 1200. The monoisotopic (exact) mass is 443 g/mol. The molecule has 9 heteroatoms. The second kappa shape index (κ2) is 10.1. The third-order valence-electron chi connectivity index (χ3n) is 4.79. The van der Waals surface area contributed by atoms with E-state index < -0.39 is 23.3 Å². The van der Waals surface area contributed by atoms with Crippen LogP contribution in [0, 0.1) is 11.3 Å². The zero-order chi connectivity index (χ0) is 23.1. The van der Waals surface area contributed by atoms with Crippen LogP contribution >= 0.6 is 0 Å². The first-order chi connectivity index (χ1) is 15.3. The maximum atomic E-state index is 13.2. The molecule has 0 spiro atoms. The van der Waals surface area contributed by atoms with Gasteiger partial charge in [-0.05, 0) is 30.2 Å². The van der Waals surface area contributed by atoms with Crippen molar-refractivity contribution in [2.24, 2.45) is 0 Å². The molecule has 0 saturated carbocycles. The molecule has 0 bridgehead atoms. The van der Waals surface area contributed by atoms with Crippen LogP contribution in [0.2, 0.25) is 0 Å². The highest BCUT2D eigenvalue weighted by Crippen LogP contribution is 2.31. The van der Waals surface area contributed by atoms with Crippen LogP contribution in [0.25, 0.3) is 11.0 Å². The fourth-order valence-corrected chi connectivity index (χ4v) is 3.19. The highest BCUT2D eigenvalue weighted by atomic mass is 19.4. The van der Waals surface area contributed by atoms with Crippen LogP contribution in [0.4, 0.5) is 13.2 Å². The molecule has 0 aliphatic rings. The van der Waals surface area contributed by atoms with Gasteiger partial charge < -0.3 is 9.30 Å². The molecular formula is C23H20F3N3O3. The molecule has 166 valence electrons. The van der Waals surface area contributed by atoms with Gasteiger partial charge in [-0.3, -0.25) is 9.59 Å². The van der Waals surface area contributed by atoms with Crippen molar-refractivity contribution in [1.29, 1.82) is 5.26 Å². The zero-order valence-electron chi connectivity index (χ0n) is 17.1. The van der Waals surface area contributed by atoms with Gasteiger partial charge in [0.05, 0.1) is 42.2 Å². The van der Waals surface area contributed by atoms with E-state index in [1.165, 1.54) is 10.6 Å². The normalized spacial score (nSPS) is 11.3. The summed E-state index contributed by atoms with van der Waals surface area (Å²) in [4.78, 5) is 29.1. The van der Waals surface area contributed by atoms with Crippen molar-refractivity contribution < 1.29 is 22.7 Å². The summed E-state index contributed by atoms with van der Waals surface area (Å²) in [6.45, 7) is 0.236. The van der Waals surface area contributed by atoms with Gasteiger partial charge in [-0.25, -0.2) is 4.98 Å². The number of benzene rings is 2. The second-order valence-electron chi connectivity index (χ2n) is 7.12. The molecule has 3 rings (SSSR count). The molecule has 32 heavy (non-hydrogen) atoms. The molecule has 0 unspecified atom stereocenters. The van der Waals surface area contributed by atoms with E-state index in [4.69, 9.17) is 10.00 Å². The van der Waals surface area contributed by atoms with Crippen molar-refractivity contribution in [1.82, 2.24) is 9.55 Å². The summed E-state index contributed by atoms with van der Waals surface area (Å²) < 4.78 is 46.0. The number of ether oxygens (including phenoxy) is 1. The van der Waals surface area contributed by atoms with Crippen LogP contribution in [-0.4, -0.2) is 22.1 Å². The van der Waals surface area contributed by atoms with E-state index in [1.54, 1.807) is 24.3 Å². The molecule has 0 atom stereocenters. The Morgan fingerprint density at radius 2 is 1.91 bits per heavy atom. The summed E-state index contributed by atoms with van der Waals surface area (Å²) in [6.07, 6.45) is -4.11. The number of nitrogens with zero attached hydrogens (tertiary/aromatic N) is 3. The summed E-state index contributed by atoms with van der Waals surface area (Å²) in [6, 6.07) is 14.0. The molecule has 0 aliphatic heterocycles. The number of aryl methyl sites for hydroxylation is 1. The first kappa shape index (κ1) is 23.0. The topological polar surface area (TPSA) is 85.0 Å². The fourth-order valence-electron chi connectivity index (χ4n) is 3.19. The fraction of sp³-hybridized carbons (Fsp3) is 0.304. The number of carbonyl (C=O) groups excluding carboxylic acids is 1. The van der Waals surface area contributed by atoms with Crippen LogP contribution in [0.5, 0.6) is 0 Å². The lowest BCUT2D eigenvalue weighted by Gasteiger charge is -2.14. The van der Waals surface area contributed by atoms with E-state index in [1.807, 2.05) is 12.1 Å². The smallest absolute Gasteiger partial charge is 0.416 e. The summed E-state index contributed by atoms with van der Waals surface area (Å²) >= 11 is 0. The van der Waals surface area contributed by atoms with Gasteiger partial charge in [0, 0.05) is 12.8 Å². The van der Waals surface area contributed by atoms with Gasteiger partial charge in [-0.1, -0.05) is 30.3 Å². The maximum absolute atomic E-state index is 13.2. The molecule has 0 radical (unpaired) electrons. The molecule has 1 aromatic heterocycles. The standard InChI is InChI=1S/C23H20F3N3O3/c24-23(25,26)17-8-10-20-19(14-17)28-18(9-11-21(30)32-13-5-4-12-27)22(31)29(20)15-16-6-2-1-3-7-16/h1-3,6-8,10,14H,4-5,9,11,13,15H2. The number of esters is 1. The van der Waals surface area contributed by atoms with Crippen molar-refractivity contribution in [3.8, 4) is 6.07 Å². The maximum Gasteiger partial charge on any atom is 0.416 e. The predicted molar refractivity (Wildman–Crippen MR) is 111 cm³/mol. The Kier molecular flexibility index (Phi) is 7.25. The van der Waals surface area contributed by atoms with E-state index in [0.717, 1.165) is 17.7 Å². The van der Waals surface area contributed by atoms with Crippen molar-refractivity contribution in [3.05, 3.63) is 75.7 Å². The zero-order valence-corrected chi connectivity index (χ0v) is 17.1. The van der Waals surface area contributed by atoms with Crippen molar-refractivity contribution in [2.75, 3.05) is 6.61 Å². The predicted octanol–water partition coefficient (Wildman–Crippen LogP) is 4.24. The minimum Gasteiger partial charge on any atom is -0.466 e. The highest BCUT2D eigenvalue weighted by molar-refractivity contribution is 5.76. The van der Waals surface area contributed by atoms with E-state index in [2.05, 4.69) is 4.98 Å². The minimum atomic E-state index is -4.55. The number of hydrogen-bond donors (Lipinski definition) is 0. The van der Waals surface area contributed by atoms with Crippen molar-refractivity contribution in [3.63, 3.8) is 0 Å². The van der Waals surface area contributed by atoms with E-state index in [-0.39, 0.29) is 49.1 Å². The largest absolute Gasteiger partial charge is 0.466 e. The van der Waals surface area contributed by atoms with Crippen molar-refractivity contribution >= 4 is 17.0 Å². The van der Waals surface area contributed by atoms with Crippen LogP contribution in [0.3, 0.4) is 0 Å². The summed E-state index contributed by atoms with van der Waals surface area (Å²) in [5, 5.41) is 8.50. The number of fused-ring (bicyclic) bond motifs is 1. The first-order valence-electron chi connectivity index (χ1n) is 9.97. The molecular weight excluding hydrogens is 423 g/mol. The number of carbonyl (C=O) groups is 1. The summed E-state index contributed by atoms with van der Waals surface area (Å²) in [5.74, 6) is -0.567. The van der Waals surface area contributed by atoms with Crippen LogP contribution in [0.15, 0.2) is 53.3 Å². The Hall–Kier alpha value is -3.67. The van der Waals surface area contributed by atoms with Crippen molar-refractivity contribution in [2.45, 2.75) is 38.4 Å². The first-order valence-corrected chi connectivity index (χ1v) is 9.97. The quantitative estimate of drug-likeness (QED) is 0.384. The molecule has 1 heterocycles. The molecule has 0 N–H and O–H groups in total. The number of alkyl halides is 3. The Morgan fingerprint density at radius 1 is 1.16 bits per heavy atom. The van der Waals surface area contributed by atoms with Gasteiger partial charge in [0.2, 0.25) is 0 Å². The third-order valence-corrected chi connectivity index (χ3v) is 4.79. The van der Waals surface area contributed by atoms with Gasteiger partial charge in [0.1, 0.15) is 5.69 Å². The average molecular weight is 443 g/mol. The molecule has 6 nitrogen and oxygen atoms in total. The summed E-state index contributed by atoms with van der Waals surface area (Å²) in [7, 11) is 0. The molecule has 3 aromatic rings. The number of aromatic nitrogens is 2. The lowest BCUT2D eigenvalue weighted by atomic mass is 10.1. The SMILES string of the molecule is N#CCCCOC(=O)CCc1nc2cc(C(F)(F)F)ccc2n(Cc2ccccc2)c1=O. The van der Waals surface area contributed by atoms with Gasteiger partial charge in [-0.15, -0.1) is 0 Å². The van der Waals surface area contributed by atoms with Gasteiger partial charge in [-0.2, -0.15) is 18.4 Å². The van der Waals surface area contributed by atoms with E-state index in [0.29, 0.717) is 6.42 Å². The number of nitriles is 1. The molecule has 0 amide bonds. The average Bonchev–Trinajstić information content (AvgIpc) is 2.77. The number of halogens is 3. The third kappa shape index (κ3) is 5.72. The number of unbranched alkanes of at least 4 members (excludes halogenated alkanes) is 1. The molecule has 0 aliphatic carbocycles. The van der Waals surface area contributed by atoms with Crippen LogP contribution in [-0.2, 0) is 28.7 Å². The van der Waals surface area contributed by atoms with Crippen LogP contribution in [0.1, 0.15) is 36.1 Å². The van der Waals surface area contributed by atoms with E-state index >= 15 is 0 Å². The Morgan fingerprint density at radius 3 is 2.59 bits per heavy atom. The molecule has 0 saturated heterocycles. The van der Waals surface area contributed by atoms with Gasteiger partial charge >= 0.3 is 12.1 Å². The second-order valence-corrected chi connectivity index (χ2v) is 7.12. The lowest BCUT2D eigenvalue weighted by Crippen LogP contribution is -2.27. The number of rotatable bonds is 8. The van der Waals surface area contributed by atoms with Crippen LogP contribution < -0.4 is 5.56 Å². The molecule has 0 fully saturated rings. The Balaban J connectivity index is 1.94. The Labute approximate surface area is 181 Å². The lowest BCUT2D eigenvalue weighted by molar-refractivity contribution is -0.143. The molecule has 2 aromatic carbocycles. The summed E-state index contributed by atoms with van der Waals surface area (Å²) in [5.41, 5.74) is -0.266. The van der Waals surface area contributed by atoms with Gasteiger partial charge in [0.25, 0.3) is 5.56 Å². The highest BCUT2D eigenvalue weighted by Gasteiger charge is 2.31. The van der Waals surface area contributed by atoms with E-state index in [9.17, 15) is 22.8 Å².